The second-order valence-electron chi connectivity index (χ2n) is 12.0. The Morgan fingerprint density at radius 2 is 0.950 bits per heavy atom. The van der Waals surface area contributed by atoms with Gasteiger partial charge in [0.1, 0.15) is 0 Å². The highest BCUT2D eigenvalue weighted by Crippen LogP contribution is 2.41. The Balaban J connectivity index is 1.38. The largest absolute Gasteiger partial charge is 0.494 e. The first-order chi connectivity index (χ1) is 19.3. The normalized spacial score (nSPS) is 16.6. The molecular formula is C36H30BNO2. The maximum atomic E-state index is 6.32. The summed E-state index contributed by atoms with van der Waals surface area (Å²) in [6.45, 7) is 8.38. The van der Waals surface area contributed by atoms with Crippen LogP contribution in [0.25, 0.3) is 59.8 Å². The van der Waals surface area contributed by atoms with E-state index in [1.807, 2.05) is 0 Å². The Morgan fingerprint density at radius 1 is 0.475 bits per heavy atom. The molecule has 8 rings (SSSR count). The maximum Gasteiger partial charge on any atom is 0.494 e. The van der Waals surface area contributed by atoms with Gasteiger partial charge < -0.3 is 13.9 Å². The van der Waals surface area contributed by atoms with Crippen molar-refractivity contribution in [2.75, 3.05) is 0 Å². The van der Waals surface area contributed by atoms with E-state index in [9.17, 15) is 0 Å². The van der Waals surface area contributed by atoms with Crippen molar-refractivity contribution in [1.82, 2.24) is 4.57 Å². The second kappa shape index (κ2) is 8.20. The summed E-state index contributed by atoms with van der Waals surface area (Å²) in [7, 11) is -0.374. The predicted molar refractivity (Wildman–Crippen MR) is 169 cm³/mol. The molecule has 0 bridgehead atoms. The van der Waals surface area contributed by atoms with Gasteiger partial charge in [0.25, 0.3) is 0 Å². The van der Waals surface area contributed by atoms with Crippen molar-refractivity contribution in [2.24, 2.45) is 0 Å². The highest BCUT2D eigenvalue weighted by atomic mass is 16.7. The van der Waals surface area contributed by atoms with Crippen molar-refractivity contribution >= 4 is 66.7 Å². The highest BCUT2D eigenvalue weighted by Gasteiger charge is 2.51. The molecule has 3 nitrogen and oxygen atoms in total. The summed E-state index contributed by atoms with van der Waals surface area (Å²) in [4.78, 5) is 0. The van der Waals surface area contributed by atoms with Crippen LogP contribution in [0.2, 0.25) is 0 Å². The Morgan fingerprint density at radius 3 is 1.52 bits per heavy atom. The van der Waals surface area contributed by atoms with Crippen molar-refractivity contribution < 1.29 is 9.31 Å². The standard InChI is InChI=1S/C36H30BNO2/c1-35(2)36(3,4)40-37(39-35)23-17-19-24(20-18-23)38-33-16-10-9-15-29(33)32-21-30-27-13-7-5-11-25(27)26-12-6-8-14-28(26)31(30)22-34(32)38/h5-22H,1-4H3. The zero-order valence-electron chi connectivity index (χ0n) is 23.2. The first kappa shape index (κ1) is 23.7. The molecule has 0 spiro atoms. The molecule has 1 aromatic heterocycles. The average Bonchev–Trinajstić information content (AvgIpc) is 3.41. The van der Waals surface area contributed by atoms with Gasteiger partial charge in [-0.3, -0.25) is 0 Å². The van der Waals surface area contributed by atoms with Crippen LogP contribution >= 0.6 is 0 Å². The first-order valence-electron chi connectivity index (χ1n) is 14.0. The summed E-state index contributed by atoms with van der Waals surface area (Å²) >= 11 is 0. The van der Waals surface area contributed by atoms with E-state index in [0.29, 0.717) is 0 Å². The summed E-state index contributed by atoms with van der Waals surface area (Å²) in [5.74, 6) is 0. The van der Waals surface area contributed by atoms with Crippen LogP contribution in [0.4, 0.5) is 0 Å². The van der Waals surface area contributed by atoms with Crippen LogP contribution in [0, 0.1) is 0 Å². The molecule has 2 heterocycles. The smallest absolute Gasteiger partial charge is 0.399 e. The molecule has 0 amide bonds. The molecule has 0 atom stereocenters. The molecule has 1 aliphatic rings. The monoisotopic (exact) mass is 519 g/mol. The fourth-order valence-electron chi connectivity index (χ4n) is 6.40. The van der Waals surface area contributed by atoms with Gasteiger partial charge in [-0.15, -0.1) is 0 Å². The number of para-hydroxylation sites is 1. The zero-order valence-corrected chi connectivity index (χ0v) is 23.2. The Bertz CT molecular complexity index is 2110. The number of rotatable bonds is 2. The van der Waals surface area contributed by atoms with E-state index in [1.54, 1.807) is 0 Å². The van der Waals surface area contributed by atoms with Crippen LogP contribution in [-0.2, 0) is 9.31 Å². The lowest BCUT2D eigenvalue weighted by molar-refractivity contribution is 0.00578. The van der Waals surface area contributed by atoms with Crippen molar-refractivity contribution in [2.45, 2.75) is 38.9 Å². The number of nitrogens with zero attached hydrogens (tertiary/aromatic N) is 1. The number of hydrogen-bond donors (Lipinski definition) is 0. The predicted octanol–water partition coefficient (Wildman–Crippen LogP) is 8.54. The molecule has 6 aromatic carbocycles. The average molecular weight is 519 g/mol. The molecular weight excluding hydrogens is 489 g/mol. The van der Waals surface area contributed by atoms with Crippen LogP contribution in [0.5, 0.6) is 0 Å². The van der Waals surface area contributed by atoms with Gasteiger partial charge in [-0.25, -0.2) is 0 Å². The lowest BCUT2D eigenvalue weighted by Crippen LogP contribution is -2.41. The fraction of sp³-hybridized carbons (Fsp3) is 0.167. The maximum absolute atomic E-state index is 6.32. The summed E-state index contributed by atoms with van der Waals surface area (Å²) < 4.78 is 15.0. The minimum atomic E-state index is -0.374. The lowest BCUT2D eigenvalue weighted by Gasteiger charge is -2.32. The number of benzene rings is 6. The Kier molecular flexibility index (Phi) is 4.87. The molecule has 40 heavy (non-hydrogen) atoms. The molecule has 0 N–H and O–H groups in total. The van der Waals surface area contributed by atoms with Gasteiger partial charge in [-0.1, -0.05) is 78.9 Å². The zero-order chi connectivity index (χ0) is 27.2. The first-order valence-corrected chi connectivity index (χ1v) is 14.0. The number of fused-ring (bicyclic) bond motifs is 9. The molecule has 194 valence electrons. The molecule has 0 unspecified atom stereocenters. The van der Waals surface area contributed by atoms with E-state index in [1.165, 1.54) is 54.1 Å². The minimum absolute atomic E-state index is 0.364. The van der Waals surface area contributed by atoms with Gasteiger partial charge in [0.15, 0.2) is 0 Å². The summed E-state index contributed by atoms with van der Waals surface area (Å²) in [5.41, 5.74) is 3.83. The molecule has 1 aliphatic heterocycles. The van der Waals surface area contributed by atoms with E-state index in [-0.39, 0.29) is 18.3 Å². The fourth-order valence-corrected chi connectivity index (χ4v) is 6.40. The van der Waals surface area contributed by atoms with Gasteiger partial charge in [0.05, 0.1) is 22.2 Å². The Labute approximate surface area is 234 Å². The van der Waals surface area contributed by atoms with Crippen molar-refractivity contribution in [3.05, 3.63) is 109 Å². The third kappa shape index (κ3) is 3.27. The summed E-state index contributed by atoms with van der Waals surface area (Å²) in [6.07, 6.45) is 0. The quantitative estimate of drug-likeness (QED) is 0.169. The number of hydrogen-bond acceptors (Lipinski definition) is 2. The lowest BCUT2D eigenvalue weighted by atomic mass is 9.79. The van der Waals surface area contributed by atoms with Crippen LogP contribution in [0.1, 0.15) is 27.7 Å². The molecule has 0 aliphatic carbocycles. The van der Waals surface area contributed by atoms with Gasteiger partial charge in [0, 0.05) is 16.5 Å². The van der Waals surface area contributed by atoms with Crippen LogP contribution in [0.15, 0.2) is 109 Å². The molecule has 1 saturated heterocycles. The summed E-state index contributed by atoms with van der Waals surface area (Å²) in [5, 5.41) is 10.3. The van der Waals surface area contributed by atoms with Gasteiger partial charge >= 0.3 is 7.12 Å². The molecule has 1 fully saturated rings. The third-order valence-electron chi connectivity index (χ3n) is 9.21. The Hall–Kier alpha value is -4.12. The molecule has 0 saturated carbocycles. The second-order valence-corrected chi connectivity index (χ2v) is 12.0. The van der Waals surface area contributed by atoms with Gasteiger partial charge in [-0.2, -0.15) is 0 Å². The van der Waals surface area contributed by atoms with Crippen LogP contribution in [0.3, 0.4) is 0 Å². The van der Waals surface area contributed by atoms with E-state index in [2.05, 4.69) is 141 Å². The minimum Gasteiger partial charge on any atom is -0.399 e. The topological polar surface area (TPSA) is 23.4 Å². The van der Waals surface area contributed by atoms with Crippen LogP contribution in [-0.4, -0.2) is 22.9 Å². The number of aromatic nitrogens is 1. The van der Waals surface area contributed by atoms with Crippen molar-refractivity contribution in [1.29, 1.82) is 0 Å². The van der Waals surface area contributed by atoms with Crippen molar-refractivity contribution in [3.8, 4) is 5.69 Å². The molecule has 4 heteroatoms. The van der Waals surface area contributed by atoms with Crippen molar-refractivity contribution in [3.63, 3.8) is 0 Å². The van der Waals surface area contributed by atoms with E-state index >= 15 is 0 Å². The summed E-state index contributed by atoms with van der Waals surface area (Å²) in [6, 6.07) is 39.7. The third-order valence-corrected chi connectivity index (χ3v) is 9.21. The van der Waals surface area contributed by atoms with E-state index in [0.717, 1.165) is 11.2 Å². The van der Waals surface area contributed by atoms with E-state index < -0.39 is 0 Å². The molecule has 0 radical (unpaired) electrons. The van der Waals surface area contributed by atoms with Gasteiger partial charge in [0.2, 0.25) is 0 Å². The van der Waals surface area contributed by atoms with Crippen LogP contribution < -0.4 is 5.46 Å². The molecule has 7 aromatic rings. The highest BCUT2D eigenvalue weighted by molar-refractivity contribution is 6.62. The van der Waals surface area contributed by atoms with Gasteiger partial charge in [-0.05, 0) is 95.8 Å². The SMILES string of the molecule is CC1(C)OB(c2ccc(-n3c4ccccc4c4cc5c6ccccc6c6ccccc6c5cc43)cc2)OC1(C)C. The van der Waals surface area contributed by atoms with E-state index in [4.69, 9.17) is 9.31 Å².